The Hall–Kier alpha value is -1.46. The van der Waals surface area contributed by atoms with Gasteiger partial charge in [0.15, 0.2) is 5.96 Å². The molecule has 1 aliphatic heterocycles. The number of benzene rings is 1. The normalized spacial score (nSPS) is 15.6. The predicted molar refractivity (Wildman–Crippen MR) is 106 cm³/mol. The van der Waals surface area contributed by atoms with Gasteiger partial charge >= 0.3 is 0 Å². The van der Waals surface area contributed by atoms with E-state index in [9.17, 15) is 15.2 Å². The van der Waals surface area contributed by atoms with Crippen molar-refractivity contribution in [2.24, 2.45) is 4.99 Å². The fourth-order valence-electron chi connectivity index (χ4n) is 2.50. The summed E-state index contributed by atoms with van der Waals surface area (Å²) in [6.45, 7) is 3.16. The molecular formula is C16H25IN4O4. The van der Waals surface area contributed by atoms with Crippen molar-refractivity contribution in [3.05, 3.63) is 39.9 Å². The molecule has 0 aromatic heterocycles. The van der Waals surface area contributed by atoms with Crippen LogP contribution in [-0.2, 0) is 11.3 Å². The first-order chi connectivity index (χ1) is 11.6. The molecule has 140 valence electrons. The maximum absolute atomic E-state index is 10.7. The van der Waals surface area contributed by atoms with Gasteiger partial charge in [-0.15, -0.1) is 24.0 Å². The molecule has 0 atom stereocenters. The first kappa shape index (κ1) is 21.6. The zero-order chi connectivity index (χ0) is 17.4. The number of nitro benzene ring substituents is 1. The molecule has 8 nitrogen and oxygen atoms in total. The van der Waals surface area contributed by atoms with E-state index >= 15 is 0 Å². The smallest absolute Gasteiger partial charge is 0.269 e. The van der Waals surface area contributed by atoms with Gasteiger partial charge < -0.3 is 20.1 Å². The number of halogens is 1. The first-order valence-corrected chi connectivity index (χ1v) is 8.03. The highest BCUT2D eigenvalue weighted by Crippen LogP contribution is 2.14. The minimum Gasteiger partial charge on any atom is -0.393 e. The summed E-state index contributed by atoms with van der Waals surface area (Å²) in [6.07, 6.45) is 1.21. The lowest BCUT2D eigenvalue weighted by molar-refractivity contribution is -0.384. The number of piperidine rings is 1. The van der Waals surface area contributed by atoms with Crippen LogP contribution >= 0.6 is 24.0 Å². The van der Waals surface area contributed by atoms with Crippen molar-refractivity contribution in [2.45, 2.75) is 25.5 Å². The number of nitrogens with zero attached hydrogens (tertiary/aromatic N) is 3. The molecule has 0 bridgehead atoms. The Morgan fingerprint density at radius 2 is 2.04 bits per heavy atom. The number of likely N-dealkylation sites (tertiary alicyclic amines) is 1. The van der Waals surface area contributed by atoms with Crippen LogP contribution < -0.4 is 5.32 Å². The summed E-state index contributed by atoms with van der Waals surface area (Å²) in [5, 5.41) is 23.6. The molecule has 0 spiro atoms. The molecule has 1 heterocycles. The number of guanidine groups is 1. The number of non-ortho nitro benzene ring substituents is 1. The molecule has 0 amide bonds. The second-order valence-corrected chi connectivity index (χ2v) is 5.70. The van der Waals surface area contributed by atoms with Crippen LogP contribution in [0.1, 0.15) is 18.4 Å². The number of aliphatic hydroxyl groups is 1. The summed E-state index contributed by atoms with van der Waals surface area (Å²) >= 11 is 0. The molecule has 1 saturated heterocycles. The molecule has 0 saturated carbocycles. The van der Waals surface area contributed by atoms with Crippen molar-refractivity contribution in [1.82, 2.24) is 10.2 Å². The van der Waals surface area contributed by atoms with E-state index in [0.717, 1.165) is 37.5 Å². The number of aliphatic hydroxyl groups excluding tert-OH is 1. The van der Waals surface area contributed by atoms with E-state index in [1.807, 2.05) is 0 Å². The van der Waals surface area contributed by atoms with Crippen LogP contribution in [0.2, 0.25) is 0 Å². The molecule has 0 radical (unpaired) electrons. The molecule has 9 heteroatoms. The maximum atomic E-state index is 10.7. The highest BCUT2D eigenvalue weighted by atomic mass is 127. The third-order valence-corrected chi connectivity index (χ3v) is 3.91. The summed E-state index contributed by atoms with van der Waals surface area (Å²) in [5.74, 6) is 0.775. The molecule has 1 fully saturated rings. The van der Waals surface area contributed by atoms with Gasteiger partial charge in [-0.1, -0.05) is 12.1 Å². The van der Waals surface area contributed by atoms with Crippen LogP contribution in [0.4, 0.5) is 5.69 Å². The lowest BCUT2D eigenvalue weighted by Crippen LogP contribution is -2.47. The average molecular weight is 464 g/mol. The maximum Gasteiger partial charge on any atom is 0.269 e. The number of methoxy groups -OCH3 is 1. The summed E-state index contributed by atoms with van der Waals surface area (Å²) < 4.78 is 5.06. The highest BCUT2D eigenvalue weighted by molar-refractivity contribution is 14.0. The second kappa shape index (κ2) is 11.2. The number of ether oxygens (including phenoxy) is 1. The van der Waals surface area contributed by atoms with E-state index in [4.69, 9.17) is 4.74 Å². The minimum absolute atomic E-state index is 0. The van der Waals surface area contributed by atoms with Gasteiger partial charge in [-0.05, 0) is 18.4 Å². The number of nitro groups is 1. The molecule has 25 heavy (non-hydrogen) atoms. The van der Waals surface area contributed by atoms with E-state index in [1.54, 1.807) is 19.2 Å². The predicted octanol–water partition coefficient (Wildman–Crippen LogP) is 1.76. The molecule has 2 N–H and O–H groups in total. The van der Waals surface area contributed by atoms with Gasteiger partial charge in [0.2, 0.25) is 0 Å². The van der Waals surface area contributed by atoms with Crippen molar-refractivity contribution in [3.8, 4) is 0 Å². The van der Waals surface area contributed by atoms with E-state index in [-0.39, 0.29) is 35.8 Å². The number of hydrogen-bond acceptors (Lipinski definition) is 5. The fourth-order valence-corrected chi connectivity index (χ4v) is 2.50. The third kappa shape index (κ3) is 7.12. The van der Waals surface area contributed by atoms with Gasteiger partial charge in [-0.2, -0.15) is 0 Å². The van der Waals surface area contributed by atoms with Crippen LogP contribution in [0.15, 0.2) is 29.3 Å². The molecule has 2 rings (SSSR count). The Morgan fingerprint density at radius 1 is 1.40 bits per heavy atom. The Labute approximate surface area is 164 Å². The standard InChI is InChI=1S/C16H24N4O4.HI/c1-24-11-8-17-16(19-9-6-15(21)7-10-19)18-12-13-2-4-14(5-3-13)20(22)23;/h2-5,15,21H,6-12H2,1H3,(H,17,18);1H. The van der Waals surface area contributed by atoms with E-state index in [1.165, 1.54) is 12.1 Å². The Bertz CT molecular complexity index is 560. The van der Waals surface area contributed by atoms with Crippen LogP contribution in [0.5, 0.6) is 0 Å². The Kier molecular flexibility index (Phi) is 9.68. The van der Waals surface area contributed by atoms with Gasteiger partial charge in [-0.25, -0.2) is 4.99 Å². The number of aliphatic imine (C=N–C) groups is 1. The zero-order valence-electron chi connectivity index (χ0n) is 14.3. The van der Waals surface area contributed by atoms with Gasteiger partial charge in [0, 0.05) is 38.9 Å². The quantitative estimate of drug-likeness (QED) is 0.166. The van der Waals surface area contributed by atoms with Crippen molar-refractivity contribution in [2.75, 3.05) is 33.4 Å². The molecular weight excluding hydrogens is 439 g/mol. The van der Waals surface area contributed by atoms with Gasteiger partial charge in [0.1, 0.15) is 0 Å². The minimum atomic E-state index is -0.413. The van der Waals surface area contributed by atoms with E-state index in [0.29, 0.717) is 19.7 Å². The monoisotopic (exact) mass is 464 g/mol. The lowest BCUT2D eigenvalue weighted by Gasteiger charge is -2.32. The number of nitrogens with one attached hydrogen (secondary N) is 1. The number of hydrogen-bond donors (Lipinski definition) is 2. The van der Waals surface area contributed by atoms with Crippen molar-refractivity contribution >= 4 is 35.6 Å². The molecule has 1 aromatic carbocycles. The largest absolute Gasteiger partial charge is 0.393 e. The van der Waals surface area contributed by atoms with Crippen LogP contribution in [0.25, 0.3) is 0 Å². The van der Waals surface area contributed by atoms with Gasteiger partial charge in [0.05, 0.1) is 24.2 Å². The molecule has 0 unspecified atom stereocenters. The Balaban J connectivity index is 0.00000312. The summed E-state index contributed by atoms with van der Waals surface area (Å²) in [6, 6.07) is 6.41. The van der Waals surface area contributed by atoms with Crippen LogP contribution in [0, 0.1) is 10.1 Å². The van der Waals surface area contributed by atoms with Gasteiger partial charge in [0.25, 0.3) is 5.69 Å². The molecule has 1 aliphatic rings. The second-order valence-electron chi connectivity index (χ2n) is 5.70. The summed E-state index contributed by atoms with van der Waals surface area (Å²) in [4.78, 5) is 17.0. The summed E-state index contributed by atoms with van der Waals surface area (Å²) in [5.41, 5.74) is 0.981. The highest BCUT2D eigenvalue weighted by Gasteiger charge is 2.19. The van der Waals surface area contributed by atoms with Crippen LogP contribution in [-0.4, -0.2) is 60.3 Å². The Morgan fingerprint density at radius 3 is 2.60 bits per heavy atom. The fraction of sp³-hybridized carbons (Fsp3) is 0.562. The molecule has 1 aromatic rings. The van der Waals surface area contributed by atoms with Gasteiger partial charge in [-0.3, -0.25) is 10.1 Å². The summed E-state index contributed by atoms with van der Waals surface area (Å²) in [7, 11) is 1.65. The zero-order valence-corrected chi connectivity index (χ0v) is 16.6. The van der Waals surface area contributed by atoms with E-state index < -0.39 is 4.92 Å². The SMILES string of the molecule is COCCNC(=NCc1ccc([N+](=O)[O-])cc1)N1CCC(O)CC1.I. The third-order valence-electron chi connectivity index (χ3n) is 3.91. The number of rotatable bonds is 6. The average Bonchev–Trinajstić information content (AvgIpc) is 2.59. The lowest BCUT2D eigenvalue weighted by atomic mass is 10.1. The first-order valence-electron chi connectivity index (χ1n) is 8.03. The van der Waals surface area contributed by atoms with Crippen molar-refractivity contribution in [1.29, 1.82) is 0 Å². The van der Waals surface area contributed by atoms with Crippen molar-refractivity contribution < 1.29 is 14.8 Å². The topological polar surface area (TPSA) is 100 Å². The van der Waals surface area contributed by atoms with Crippen molar-refractivity contribution in [3.63, 3.8) is 0 Å². The van der Waals surface area contributed by atoms with Crippen LogP contribution in [0.3, 0.4) is 0 Å². The van der Waals surface area contributed by atoms with E-state index in [2.05, 4.69) is 15.2 Å². The molecule has 0 aliphatic carbocycles.